The van der Waals surface area contributed by atoms with Crippen molar-refractivity contribution in [2.45, 2.75) is 71.8 Å². The Kier molecular flexibility index (Phi) is 8.79. The molecule has 1 aliphatic carbocycles. The van der Waals surface area contributed by atoms with Crippen molar-refractivity contribution in [3.63, 3.8) is 0 Å². The van der Waals surface area contributed by atoms with E-state index in [9.17, 15) is 4.79 Å². The fraction of sp³-hybridized carbons (Fsp3) is 0.731. The highest BCUT2D eigenvalue weighted by molar-refractivity contribution is 5.97. The van der Waals surface area contributed by atoms with E-state index in [-0.39, 0.29) is 5.91 Å². The highest BCUT2D eigenvalue weighted by atomic mass is 16.5. The molecule has 1 aromatic carbocycles. The molecule has 0 bridgehead atoms. The van der Waals surface area contributed by atoms with Crippen molar-refractivity contribution in [2.75, 3.05) is 38.2 Å². The molecule has 1 saturated carbocycles. The fourth-order valence-corrected chi connectivity index (χ4v) is 5.11. The molecule has 1 amide bonds. The van der Waals surface area contributed by atoms with Gasteiger partial charge < -0.3 is 14.8 Å². The first-order valence-corrected chi connectivity index (χ1v) is 12.3. The van der Waals surface area contributed by atoms with Crippen LogP contribution in [0.4, 0.5) is 5.69 Å². The Morgan fingerprint density at radius 1 is 1.03 bits per heavy atom. The quantitative estimate of drug-likeness (QED) is 0.573. The molecule has 5 nitrogen and oxygen atoms in total. The highest BCUT2D eigenvalue weighted by Crippen LogP contribution is 2.36. The number of likely N-dealkylation sites (tertiary alicyclic amines) is 1. The summed E-state index contributed by atoms with van der Waals surface area (Å²) in [6, 6.07) is 7.74. The van der Waals surface area contributed by atoms with E-state index in [2.05, 4.69) is 37.9 Å². The fourth-order valence-electron chi connectivity index (χ4n) is 5.11. The van der Waals surface area contributed by atoms with Gasteiger partial charge in [0.05, 0.1) is 0 Å². The van der Waals surface area contributed by atoms with Crippen molar-refractivity contribution in [1.29, 1.82) is 0 Å². The molecule has 1 aliphatic heterocycles. The van der Waals surface area contributed by atoms with Gasteiger partial charge in [-0.15, -0.1) is 0 Å². The second-order valence-electron chi connectivity index (χ2n) is 10.1. The first-order valence-electron chi connectivity index (χ1n) is 12.3. The minimum atomic E-state index is -0.680. The number of benzene rings is 1. The van der Waals surface area contributed by atoms with Crippen molar-refractivity contribution >= 4 is 11.6 Å². The number of carbonyl (C=O) groups is 1. The lowest BCUT2D eigenvalue weighted by atomic mass is 9.78. The molecule has 1 N–H and O–H groups in total. The summed E-state index contributed by atoms with van der Waals surface area (Å²) in [7, 11) is 0. The van der Waals surface area contributed by atoms with Crippen LogP contribution >= 0.6 is 0 Å². The predicted octanol–water partition coefficient (Wildman–Crippen LogP) is 5.36. The molecule has 0 aromatic heterocycles. The molecule has 0 unspecified atom stereocenters. The van der Waals surface area contributed by atoms with Crippen molar-refractivity contribution in [3.05, 3.63) is 24.3 Å². The van der Waals surface area contributed by atoms with Crippen LogP contribution in [0.1, 0.15) is 66.2 Å². The Morgan fingerprint density at radius 2 is 1.68 bits per heavy atom. The molecule has 1 aromatic rings. The van der Waals surface area contributed by atoms with Crippen molar-refractivity contribution in [3.8, 4) is 5.75 Å². The number of carbonyl (C=O) groups excluding carboxylic acids is 1. The predicted molar refractivity (Wildman–Crippen MR) is 127 cm³/mol. The van der Waals surface area contributed by atoms with Gasteiger partial charge in [-0.25, -0.2) is 0 Å². The van der Waals surface area contributed by atoms with E-state index < -0.39 is 5.60 Å². The van der Waals surface area contributed by atoms with Crippen molar-refractivity contribution in [2.24, 2.45) is 17.8 Å². The minimum Gasteiger partial charge on any atom is -0.492 e. The van der Waals surface area contributed by atoms with Gasteiger partial charge in [0, 0.05) is 31.9 Å². The third kappa shape index (κ3) is 6.95. The lowest BCUT2D eigenvalue weighted by molar-refractivity contribution is -0.147. The van der Waals surface area contributed by atoms with E-state index in [0.717, 1.165) is 61.9 Å². The molecule has 2 aliphatic rings. The second-order valence-corrected chi connectivity index (χ2v) is 10.1. The molecular weight excluding hydrogens is 388 g/mol. The van der Waals surface area contributed by atoms with Crippen LogP contribution in [0.15, 0.2) is 24.3 Å². The van der Waals surface area contributed by atoms with Gasteiger partial charge in [-0.3, -0.25) is 9.69 Å². The number of nitrogens with one attached hydrogen (secondary N) is 1. The Morgan fingerprint density at radius 3 is 2.29 bits per heavy atom. The summed E-state index contributed by atoms with van der Waals surface area (Å²) >= 11 is 0. The monoisotopic (exact) mass is 430 g/mol. The third-order valence-electron chi connectivity index (χ3n) is 6.81. The first-order chi connectivity index (χ1) is 14.9. The largest absolute Gasteiger partial charge is 0.492 e. The number of ether oxygens (including phenoxy) is 2. The minimum absolute atomic E-state index is 0.00476. The SMILES string of the molecule is CCCOC1(C(=O)Nc2ccc(OCCN3C[C@@H](C)C[C@H](C)C3)cc2)CCC(C)CC1. The van der Waals surface area contributed by atoms with Crippen molar-refractivity contribution < 1.29 is 14.3 Å². The van der Waals surface area contributed by atoms with Crippen LogP contribution in [-0.2, 0) is 9.53 Å². The third-order valence-corrected chi connectivity index (χ3v) is 6.81. The summed E-state index contributed by atoms with van der Waals surface area (Å²) in [6.07, 6.45) is 5.93. The normalized spacial score (nSPS) is 29.5. The first kappa shape index (κ1) is 24.1. The molecule has 1 heterocycles. The van der Waals surface area contributed by atoms with Crippen molar-refractivity contribution in [1.82, 2.24) is 4.90 Å². The van der Waals surface area contributed by atoms with Gasteiger partial charge in [-0.05, 0) is 80.5 Å². The van der Waals surface area contributed by atoms with E-state index in [4.69, 9.17) is 9.47 Å². The standard InChI is InChI=1S/C26H42N2O3/c1-5-15-31-26(12-10-20(2)11-13-26)25(29)27-23-6-8-24(9-7-23)30-16-14-28-18-21(3)17-22(4)19-28/h6-9,20-22H,5,10-19H2,1-4H3,(H,27,29)/t20?,21-,22-,26?/m0/s1. The molecule has 1 saturated heterocycles. The zero-order valence-corrected chi connectivity index (χ0v) is 20.0. The molecule has 31 heavy (non-hydrogen) atoms. The topological polar surface area (TPSA) is 50.8 Å². The molecule has 0 spiro atoms. The number of anilines is 1. The van der Waals surface area contributed by atoms with E-state index in [1.165, 1.54) is 19.5 Å². The Labute approximate surface area is 188 Å². The van der Waals surface area contributed by atoms with Crippen LogP contribution < -0.4 is 10.1 Å². The zero-order valence-electron chi connectivity index (χ0n) is 20.0. The van der Waals surface area contributed by atoms with Crippen LogP contribution in [0.25, 0.3) is 0 Å². The molecular formula is C26H42N2O3. The Balaban J connectivity index is 1.49. The summed E-state index contributed by atoms with van der Waals surface area (Å²) in [4.78, 5) is 15.6. The summed E-state index contributed by atoms with van der Waals surface area (Å²) < 4.78 is 12.1. The van der Waals surface area contributed by atoms with Crippen LogP contribution in [0.3, 0.4) is 0 Å². The maximum absolute atomic E-state index is 13.1. The lowest BCUT2D eigenvalue weighted by Gasteiger charge is -2.38. The van der Waals surface area contributed by atoms with Gasteiger partial charge in [0.2, 0.25) is 0 Å². The summed E-state index contributed by atoms with van der Waals surface area (Å²) in [5.41, 5.74) is 0.120. The smallest absolute Gasteiger partial charge is 0.256 e. The summed E-state index contributed by atoms with van der Waals surface area (Å²) in [6.45, 7) is 13.6. The number of hydrogen-bond donors (Lipinski definition) is 1. The maximum atomic E-state index is 13.1. The number of hydrogen-bond acceptors (Lipinski definition) is 4. The van der Waals surface area contributed by atoms with Gasteiger partial charge in [-0.1, -0.05) is 27.7 Å². The van der Waals surface area contributed by atoms with Crippen LogP contribution in [0.5, 0.6) is 5.75 Å². The van der Waals surface area contributed by atoms with Gasteiger partial charge in [-0.2, -0.15) is 0 Å². The van der Waals surface area contributed by atoms with E-state index in [1.807, 2.05) is 24.3 Å². The van der Waals surface area contributed by atoms with Crippen LogP contribution in [0, 0.1) is 17.8 Å². The van der Waals surface area contributed by atoms with E-state index >= 15 is 0 Å². The van der Waals surface area contributed by atoms with Gasteiger partial charge in [0.15, 0.2) is 0 Å². The zero-order chi connectivity index (χ0) is 22.3. The summed E-state index contributed by atoms with van der Waals surface area (Å²) in [5.74, 6) is 3.04. The lowest BCUT2D eigenvalue weighted by Crippen LogP contribution is -2.48. The molecule has 174 valence electrons. The van der Waals surface area contributed by atoms with Crippen LogP contribution in [0.2, 0.25) is 0 Å². The average molecular weight is 431 g/mol. The van der Waals surface area contributed by atoms with Crippen LogP contribution in [-0.4, -0.2) is 49.3 Å². The molecule has 5 heteroatoms. The van der Waals surface area contributed by atoms with E-state index in [0.29, 0.717) is 19.1 Å². The summed E-state index contributed by atoms with van der Waals surface area (Å²) in [5, 5.41) is 3.09. The number of nitrogens with zero attached hydrogens (tertiary/aromatic N) is 1. The number of amides is 1. The Bertz CT molecular complexity index is 667. The average Bonchev–Trinajstić information content (AvgIpc) is 2.74. The molecule has 2 fully saturated rings. The molecule has 3 rings (SSSR count). The van der Waals surface area contributed by atoms with Gasteiger partial charge in [0.1, 0.15) is 18.0 Å². The second kappa shape index (κ2) is 11.3. The number of rotatable bonds is 9. The number of piperidine rings is 1. The maximum Gasteiger partial charge on any atom is 0.256 e. The van der Waals surface area contributed by atoms with Gasteiger partial charge >= 0.3 is 0 Å². The Hall–Kier alpha value is -1.59. The highest BCUT2D eigenvalue weighted by Gasteiger charge is 2.42. The molecule has 0 radical (unpaired) electrons. The molecule has 2 atom stereocenters. The van der Waals surface area contributed by atoms with Gasteiger partial charge in [0.25, 0.3) is 5.91 Å². The van der Waals surface area contributed by atoms with E-state index in [1.54, 1.807) is 0 Å².